The van der Waals surface area contributed by atoms with Crippen LogP contribution >= 0.6 is 11.6 Å². The Morgan fingerprint density at radius 1 is 0.971 bits per heavy atom. The second-order valence-corrected chi connectivity index (χ2v) is 9.01. The molecule has 34 heavy (non-hydrogen) atoms. The van der Waals surface area contributed by atoms with Gasteiger partial charge in [-0.15, -0.1) is 0 Å². The smallest absolute Gasteiger partial charge is 0.423 e. The normalized spacial score (nSPS) is 25.6. The maximum atomic E-state index is 13.4. The molecular formula is C26H24ClF3N2O2. The number of carbonyl (C=O) groups excluding carboxylic acids is 1. The predicted octanol–water partition coefficient (Wildman–Crippen LogP) is 6.05. The van der Waals surface area contributed by atoms with Gasteiger partial charge in [0, 0.05) is 5.02 Å². The molecule has 0 amide bonds. The van der Waals surface area contributed by atoms with Crippen LogP contribution in [0, 0.1) is 0 Å². The average Bonchev–Trinajstić information content (AvgIpc) is 3.14. The van der Waals surface area contributed by atoms with E-state index < -0.39 is 35.5 Å². The molecule has 178 valence electrons. The zero-order chi connectivity index (χ0) is 24.6. The van der Waals surface area contributed by atoms with Gasteiger partial charge >= 0.3 is 12.1 Å². The molecular weight excluding hydrogens is 465 g/mol. The summed E-state index contributed by atoms with van der Waals surface area (Å²) in [7, 11) is 0. The van der Waals surface area contributed by atoms with Crippen molar-refractivity contribution in [3.8, 4) is 0 Å². The highest BCUT2D eigenvalue weighted by molar-refractivity contribution is 6.30. The molecule has 8 heteroatoms. The molecule has 4 unspecified atom stereocenters. The van der Waals surface area contributed by atoms with Crippen molar-refractivity contribution < 1.29 is 22.7 Å². The molecule has 2 N–H and O–H groups in total. The molecule has 0 aromatic heterocycles. The van der Waals surface area contributed by atoms with Gasteiger partial charge in [0.1, 0.15) is 0 Å². The van der Waals surface area contributed by atoms with E-state index in [9.17, 15) is 18.0 Å². The molecule has 0 bridgehead atoms. The maximum Gasteiger partial charge on any atom is 0.491 e. The first-order valence-electron chi connectivity index (χ1n) is 10.8. The van der Waals surface area contributed by atoms with Gasteiger partial charge in [-0.25, -0.2) is 4.79 Å². The minimum absolute atomic E-state index is 0.487. The molecule has 0 aliphatic carbocycles. The summed E-state index contributed by atoms with van der Waals surface area (Å²) in [5.41, 5.74) is 1.37. The van der Waals surface area contributed by atoms with E-state index in [4.69, 9.17) is 16.3 Å². The lowest BCUT2D eigenvalue weighted by Crippen LogP contribution is -2.59. The van der Waals surface area contributed by atoms with Crippen LogP contribution in [0.15, 0.2) is 84.9 Å². The Balaban J connectivity index is 1.86. The van der Waals surface area contributed by atoms with Crippen molar-refractivity contribution in [3.05, 3.63) is 107 Å². The van der Waals surface area contributed by atoms with Gasteiger partial charge in [0.05, 0.1) is 17.5 Å². The Hall–Kier alpha value is -2.87. The average molecular weight is 489 g/mol. The SMILES string of the molecule is CC(c1ccc(Cl)cc1)C1(OC(=O)C(F)(F)F)NC(c2ccccc2)C(C)(c2ccccc2)N1. The van der Waals surface area contributed by atoms with Gasteiger partial charge in [-0.3, -0.25) is 10.6 Å². The monoisotopic (exact) mass is 488 g/mol. The third-order valence-corrected chi connectivity index (χ3v) is 6.60. The van der Waals surface area contributed by atoms with Gasteiger partial charge in [-0.05, 0) is 35.7 Å². The van der Waals surface area contributed by atoms with E-state index in [1.54, 1.807) is 31.2 Å². The van der Waals surface area contributed by atoms with E-state index in [-0.39, 0.29) is 0 Å². The number of benzene rings is 3. The van der Waals surface area contributed by atoms with E-state index in [2.05, 4.69) is 10.6 Å². The van der Waals surface area contributed by atoms with Crippen LogP contribution in [0.5, 0.6) is 0 Å². The molecule has 3 aromatic carbocycles. The third kappa shape index (κ3) is 4.56. The van der Waals surface area contributed by atoms with Crippen LogP contribution < -0.4 is 10.6 Å². The first kappa shape index (κ1) is 24.3. The van der Waals surface area contributed by atoms with Crippen molar-refractivity contribution in [2.45, 2.75) is 43.4 Å². The number of hydrogen-bond donors (Lipinski definition) is 2. The van der Waals surface area contributed by atoms with Gasteiger partial charge in [0.2, 0.25) is 5.85 Å². The molecule has 1 aliphatic heterocycles. The lowest BCUT2D eigenvalue weighted by molar-refractivity contribution is -0.221. The Labute approximate surface area is 201 Å². The summed E-state index contributed by atoms with van der Waals surface area (Å²) in [4.78, 5) is 12.2. The summed E-state index contributed by atoms with van der Waals surface area (Å²) in [6, 6.07) is 24.9. The van der Waals surface area contributed by atoms with E-state index in [0.717, 1.165) is 11.1 Å². The minimum Gasteiger partial charge on any atom is -0.423 e. The fourth-order valence-corrected chi connectivity index (χ4v) is 4.63. The number of ether oxygens (including phenoxy) is 1. The maximum absolute atomic E-state index is 13.4. The van der Waals surface area contributed by atoms with Gasteiger partial charge in [-0.1, -0.05) is 91.3 Å². The van der Waals surface area contributed by atoms with E-state index in [1.165, 1.54) is 0 Å². The summed E-state index contributed by atoms with van der Waals surface area (Å²) >= 11 is 6.02. The Morgan fingerprint density at radius 3 is 2.09 bits per heavy atom. The van der Waals surface area contributed by atoms with Crippen LogP contribution in [0.25, 0.3) is 0 Å². The molecule has 0 spiro atoms. The zero-order valence-electron chi connectivity index (χ0n) is 18.6. The first-order chi connectivity index (χ1) is 16.1. The lowest BCUT2D eigenvalue weighted by Gasteiger charge is -2.37. The standard InChI is InChI=1S/C26H24ClF3N2O2/c1-17(18-13-15-21(27)16-14-18)26(34-23(33)25(28,29)30)31-22(19-9-5-3-6-10-19)24(2,32-26)20-11-7-4-8-12-20/h3-17,22,31-32H,1-2H3. The first-order valence-corrected chi connectivity index (χ1v) is 11.2. The van der Waals surface area contributed by atoms with Crippen LogP contribution in [0.3, 0.4) is 0 Å². The van der Waals surface area contributed by atoms with Crippen molar-refractivity contribution in [2.24, 2.45) is 0 Å². The van der Waals surface area contributed by atoms with Gasteiger partial charge in [-0.2, -0.15) is 13.2 Å². The van der Waals surface area contributed by atoms with Crippen molar-refractivity contribution in [2.75, 3.05) is 0 Å². The molecule has 3 aromatic rings. The fourth-order valence-electron chi connectivity index (χ4n) is 4.51. The molecule has 1 heterocycles. The van der Waals surface area contributed by atoms with Crippen LogP contribution in [0.2, 0.25) is 5.02 Å². The van der Waals surface area contributed by atoms with E-state index in [1.807, 2.05) is 67.6 Å². The second-order valence-electron chi connectivity index (χ2n) is 8.58. The molecule has 0 radical (unpaired) electrons. The van der Waals surface area contributed by atoms with Crippen LogP contribution in [-0.4, -0.2) is 18.0 Å². The fraction of sp³-hybridized carbons (Fsp3) is 0.269. The number of rotatable bonds is 5. The van der Waals surface area contributed by atoms with Gasteiger partial charge < -0.3 is 4.74 Å². The summed E-state index contributed by atoms with van der Waals surface area (Å²) in [5.74, 6) is -4.86. The Bertz CT molecular complexity index is 1140. The molecule has 1 aliphatic rings. The lowest BCUT2D eigenvalue weighted by atomic mass is 9.82. The number of hydrogen-bond acceptors (Lipinski definition) is 4. The number of nitrogens with one attached hydrogen (secondary N) is 2. The number of esters is 1. The molecule has 1 fully saturated rings. The van der Waals surface area contributed by atoms with Crippen LogP contribution in [0.4, 0.5) is 13.2 Å². The largest absolute Gasteiger partial charge is 0.491 e. The van der Waals surface area contributed by atoms with E-state index in [0.29, 0.717) is 10.6 Å². The highest BCUT2D eigenvalue weighted by Gasteiger charge is 2.59. The molecule has 4 atom stereocenters. The summed E-state index contributed by atoms with van der Waals surface area (Å²) < 4.78 is 45.4. The number of carbonyl (C=O) groups is 1. The minimum atomic E-state index is -5.16. The molecule has 1 saturated heterocycles. The van der Waals surface area contributed by atoms with E-state index >= 15 is 0 Å². The summed E-state index contributed by atoms with van der Waals surface area (Å²) in [6.07, 6.45) is -5.16. The Morgan fingerprint density at radius 2 is 1.53 bits per heavy atom. The zero-order valence-corrected chi connectivity index (χ0v) is 19.3. The topological polar surface area (TPSA) is 50.4 Å². The van der Waals surface area contributed by atoms with Crippen molar-refractivity contribution in [1.82, 2.24) is 10.6 Å². The Kier molecular flexibility index (Phi) is 6.46. The molecule has 4 rings (SSSR count). The molecule has 4 nitrogen and oxygen atoms in total. The highest BCUT2D eigenvalue weighted by Crippen LogP contribution is 2.47. The summed E-state index contributed by atoms with van der Waals surface area (Å²) in [5, 5.41) is 7.00. The number of alkyl halides is 3. The summed E-state index contributed by atoms with van der Waals surface area (Å²) in [6.45, 7) is 3.58. The number of halogens is 4. The predicted molar refractivity (Wildman–Crippen MR) is 124 cm³/mol. The third-order valence-electron chi connectivity index (χ3n) is 6.35. The van der Waals surface area contributed by atoms with Crippen LogP contribution in [-0.2, 0) is 15.1 Å². The highest BCUT2D eigenvalue weighted by atomic mass is 35.5. The second kappa shape index (κ2) is 9.06. The quantitative estimate of drug-likeness (QED) is 0.429. The van der Waals surface area contributed by atoms with Crippen molar-refractivity contribution >= 4 is 17.6 Å². The van der Waals surface area contributed by atoms with Crippen LogP contribution in [0.1, 0.15) is 42.5 Å². The van der Waals surface area contributed by atoms with Gasteiger partial charge in [0.25, 0.3) is 0 Å². The van der Waals surface area contributed by atoms with Crippen molar-refractivity contribution in [3.63, 3.8) is 0 Å². The van der Waals surface area contributed by atoms with Crippen molar-refractivity contribution in [1.29, 1.82) is 0 Å². The van der Waals surface area contributed by atoms with Gasteiger partial charge in [0.15, 0.2) is 0 Å². The molecule has 0 saturated carbocycles.